The van der Waals surface area contributed by atoms with E-state index in [0.717, 1.165) is 24.2 Å². The van der Waals surface area contributed by atoms with Crippen molar-refractivity contribution in [3.05, 3.63) is 74.3 Å². The molecule has 1 fully saturated rings. The van der Waals surface area contributed by atoms with E-state index in [1.165, 1.54) is 4.57 Å². The number of amides is 1. The molecule has 7 nitrogen and oxygen atoms in total. The van der Waals surface area contributed by atoms with Crippen LogP contribution in [0.15, 0.2) is 52.1 Å². The average molecular weight is 393 g/mol. The fourth-order valence-corrected chi connectivity index (χ4v) is 4.07. The number of carbonyl (C=O) groups excluding carboxylic acids is 1. The molecule has 1 aliphatic heterocycles. The first-order valence-corrected chi connectivity index (χ1v) is 9.75. The highest BCUT2D eigenvalue weighted by Gasteiger charge is 2.30. The minimum atomic E-state index is -0.679. The first-order valence-electron chi connectivity index (χ1n) is 9.75. The largest absolute Gasteiger partial charge is 0.497 e. The van der Waals surface area contributed by atoms with Gasteiger partial charge in [-0.05, 0) is 55.7 Å². The van der Waals surface area contributed by atoms with E-state index in [2.05, 4.69) is 4.98 Å². The Labute approximate surface area is 167 Å². The molecule has 7 heteroatoms. The van der Waals surface area contributed by atoms with Crippen LogP contribution in [0.5, 0.6) is 5.75 Å². The molecule has 3 aromatic rings. The van der Waals surface area contributed by atoms with Gasteiger partial charge in [0.25, 0.3) is 5.91 Å². The van der Waals surface area contributed by atoms with Crippen molar-refractivity contribution in [2.75, 3.05) is 13.7 Å². The van der Waals surface area contributed by atoms with Gasteiger partial charge in [-0.25, -0.2) is 0 Å². The van der Waals surface area contributed by atoms with Crippen molar-refractivity contribution >= 4 is 16.9 Å². The fourth-order valence-electron chi connectivity index (χ4n) is 4.07. The van der Waals surface area contributed by atoms with Gasteiger partial charge in [0.2, 0.25) is 0 Å². The number of aromatic nitrogens is 2. The van der Waals surface area contributed by atoms with Gasteiger partial charge in [0.15, 0.2) is 0 Å². The second kappa shape index (κ2) is 7.58. The Kier molecular flexibility index (Phi) is 4.96. The quantitative estimate of drug-likeness (QED) is 0.691. The number of H-pyrrole nitrogens is 1. The van der Waals surface area contributed by atoms with E-state index >= 15 is 0 Å². The topological polar surface area (TPSA) is 84.4 Å². The molecule has 0 saturated carbocycles. The van der Waals surface area contributed by atoms with E-state index in [4.69, 9.17) is 4.74 Å². The van der Waals surface area contributed by atoms with Crippen LogP contribution in [0.3, 0.4) is 0 Å². The second-order valence-electron chi connectivity index (χ2n) is 7.17. The summed E-state index contributed by atoms with van der Waals surface area (Å²) in [6.07, 6.45) is 1.83. The normalized spacial score (nSPS) is 16.3. The van der Waals surface area contributed by atoms with E-state index in [9.17, 15) is 14.4 Å². The molecule has 1 unspecified atom stereocenters. The molecule has 1 saturated heterocycles. The average Bonchev–Trinajstić information content (AvgIpc) is 3.24. The molecule has 150 valence electrons. The predicted molar refractivity (Wildman–Crippen MR) is 111 cm³/mol. The molecule has 0 bridgehead atoms. The third kappa shape index (κ3) is 3.33. The van der Waals surface area contributed by atoms with Crippen LogP contribution in [0.25, 0.3) is 11.0 Å². The number of carbonyl (C=O) groups is 1. The summed E-state index contributed by atoms with van der Waals surface area (Å²) < 4.78 is 6.63. The van der Waals surface area contributed by atoms with Crippen molar-refractivity contribution in [1.82, 2.24) is 14.5 Å². The lowest BCUT2D eigenvalue weighted by Crippen LogP contribution is -2.36. The van der Waals surface area contributed by atoms with Crippen LogP contribution in [0.4, 0.5) is 0 Å². The van der Waals surface area contributed by atoms with E-state index in [-0.39, 0.29) is 11.9 Å². The minimum Gasteiger partial charge on any atom is -0.497 e. The van der Waals surface area contributed by atoms with Crippen molar-refractivity contribution in [2.24, 2.45) is 0 Å². The number of nitrogens with zero attached hydrogens (tertiary/aromatic N) is 2. The molecule has 29 heavy (non-hydrogen) atoms. The third-order valence-corrected chi connectivity index (χ3v) is 5.55. The highest BCUT2D eigenvalue weighted by atomic mass is 16.5. The number of benzene rings is 2. The van der Waals surface area contributed by atoms with E-state index in [1.807, 2.05) is 36.1 Å². The molecule has 1 amide bonds. The maximum atomic E-state index is 13.2. The summed E-state index contributed by atoms with van der Waals surface area (Å²) in [5.74, 6) is 0.699. The highest BCUT2D eigenvalue weighted by molar-refractivity contribution is 5.97. The van der Waals surface area contributed by atoms with Crippen molar-refractivity contribution in [2.45, 2.75) is 32.4 Å². The maximum absolute atomic E-state index is 13.2. The number of aryl methyl sites for hydroxylation is 1. The standard InChI is InChI=1S/C22H23N3O4/c1-3-24-19-11-8-15(13-17(19)23-20(26)22(24)28)21(27)25-12-4-5-18(25)14-6-9-16(29-2)10-7-14/h6-11,13,18H,3-5,12H2,1-2H3,(H,23,26). The van der Waals surface area contributed by atoms with E-state index in [1.54, 1.807) is 25.3 Å². The van der Waals surface area contributed by atoms with Crippen LogP contribution in [-0.2, 0) is 6.54 Å². The van der Waals surface area contributed by atoms with Gasteiger partial charge in [0, 0.05) is 18.7 Å². The first kappa shape index (κ1) is 19.0. The summed E-state index contributed by atoms with van der Waals surface area (Å²) in [6, 6.07) is 12.9. The summed E-state index contributed by atoms with van der Waals surface area (Å²) in [4.78, 5) is 41.7. The van der Waals surface area contributed by atoms with Gasteiger partial charge >= 0.3 is 11.1 Å². The molecule has 0 radical (unpaired) electrons. The number of rotatable bonds is 4. The van der Waals surface area contributed by atoms with Crippen LogP contribution in [0.1, 0.15) is 41.7 Å². The fraction of sp³-hybridized carbons (Fsp3) is 0.318. The van der Waals surface area contributed by atoms with Crippen LogP contribution in [-0.4, -0.2) is 34.0 Å². The molecule has 1 N–H and O–H groups in total. The maximum Gasteiger partial charge on any atom is 0.316 e. The number of aromatic amines is 1. The molecule has 0 spiro atoms. The monoisotopic (exact) mass is 393 g/mol. The Morgan fingerprint density at radius 3 is 2.62 bits per heavy atom. The lowest BCUT2D eigenvalue weighted by Gasteiger charge is -2.25. The molecule has 1 atom stereocenters. The van der Waals surface area contributed by atoms with Gasteiger partial charge < -0.3 is 19.2 Å². The second-order valence-corrected chi connectivity index (χ2v) is 7.17. The van der Waals surface area contributed by atoms with Gasteiger partial charge in [-0.2, -0.15) is 0 Å². The van der Waals surface area contributed by atoms with Crippen molar-refractivity contribution < 1.29 is 9.53 Å². The number of nitrogens with one attached hydrogen (secondary N) is 1. The van der Waals surface area contributed by atoms with Gasteiger partial charge in [-0.3, -0.25) is 14.4 Å². The Balaban J connectivity index is 1.69. The Morgan fingerprint density at radius 2 is 1.93 bits per heavy atom. The Hall–Kier alpha value is -3.35. The van der Waals surface area contributed by atoms with Gasteiger partial charge in [0.05, 0.1) is 24.2 Å². The van der Waals surface area contributed by atoms with Gasteiger partial charge in [-0.1, -0.05) is 12.1 Å². The summed E-state index contributed by atoms with van der Waals surface area (Å²) in [6.45, 7) is 2.87. The molecule has 1 aromatic heterocycles. The van der Waals surface area contributed by atoms with E-state index in [0.29, 0.717) is 29.7 Å². The van der Waals surface area contributed by atoms with Crippen molar-refractivity contribution in [3.8, 4) is 5.75 Å². The summed E-state index contributed by atoms with van der Waals surface area (Å²) >= 11 is 0. The predicted octanol–water partition coefficient (Wildman–Crippen LogP) is 2.70. The van der Waals surface area contributed by atoms with Crippen LogP contribution in [0, 0.1) is 0 Å². The van der Waals surface area contributed by atoms with Gasteiger partial charge in [-0.15, -0.1) is 0 Å². The lowest BCUT2D eigenvalue weighted by atomic mass is 10.0. The van der Waals surface area contributed by atoms with Crippen LogP contribution in [0.2, 0.25) is 0 Å². The first-order chi connectivity index (χ1) is 14.0. The molecular formula is C22H23N3O4. The highest BCUT2D eigenvalue weighted by Crippen LogP contribution is 2.34. The number of hydrogen-bond acceptors (Lipinski definition) is 4. The van der Waals surface area contributed by atoms with Crippen LogP contribution < -0.4 is 15.9 Å². The molecule has 2 heterocycles. The van der Waals surface area contributed by atoms with Crippen LogP contribution >= 0.6 is 0 Å². The molecular weight excluding hydrogens is 370 g/mol. The summed E-state index contributed by atoms with van der Waals surface area (Å²) in [5.41, 5.74) is 1.41. The van der Waals surface area contributed by atoms with Crippen molar-refractivity contribution in [3.63, 3.8) is 0 Å². The third-order valence-electron chi connectivity index (χ3n) is 5.55. The minimum absolute atomic E-state index is 0.00717. The zero-order chi connectivity index (χ0) is 20.5. The summed E-state index contributed by atoms with van der Waals surface area (Å²) in [7, 11) is 1.63. The molecule has 1 aliphatic rings. The number of methoxy groups -OCH3 is 1. The number of fused-ring (bicyclic) bond motifs is 1. The Bertz CT molecular complexity index is 1180. The zero-order valence-electron chi connectivity index (χ0n) is 16.5. The lowest BCUT2D eigenvalue weighted by molar-refractivity contribution is 0.0736. The van der Waals surface area contributed by atoms with E-state index < -0.39 is 11.1 Å². The number of likely N-dealkylation sites (tertiary alicyclic amines) is 1. The zero-order valence-corrected chi connectivity index (χ0v) is 16.5. The molecule has 2 aromatic carbocycles. The SMILES string of the molecule is CCn1c(=O)c(=O)[nH]c2cc(C(=O)N3CCCC3c3ccc(OC)cc3)ccc21. The Morgan fingerprint density at radius 1 is 1.17 bits per heavy atom. The summed E-state index contributed by atoms with van der Waals surface area (Å²) in [5, 5.41) is 0. The smallest absolute Gasteiger partial charge is 0.316 e. The molecule has 4 rings (SSSR count). The number of ether oxygens (including phenoxy) is 1. The molecule has 0 aliphatic carbocycles. The van der Waals surface area contributed by atoms with Gasteiger partial charge in [0.1, 0.15) is 5.75 Å². The number of hydrogen-bond donors (Lipinski definition) is 1. The van der Waals surface area contributed by atoms with Crippen molar-refractivity contribution in [1.29, 1.82) is 0 Å².